The number of nitrogens with zero attached hydrogens (tertiary/aromatic N) is 4. The van der Waals surface area contributed by atoms with Gasteiger partial charge in [0.2, 0.25) is 5.91 Å². The van der Waals surface area contributed by atoms with Gasteiger partial charge in [-0.15, -0.1) is 0 Å². The highest BCUT2D eigenvalue weighted by atomic mass is 35.5. The predicted molar refractivity (Wildman–Crippen MR) is 91.3 cm³/mol. The summed E-state index contributed by atoms with van der Waals surface area (Å²) in [6, 6.07) is 5.34. The first-order valence-corrected chi connectivity index (χ1v) is 8.13. The van der Waals surface area contributed by atoms with Crippen LogP contribution in [0.4, 0.5) is 18.9 Å². The Balaban J connectivity index is 2.30. The largest absolute Gasteiger partial charge is 0.406 e. The van der Waals surface area contributed by atoms with Crippen molar-refractivity contribution in [2.24, 2.45) is 0 Å². The molecule has 0 radical (unpaired) electrons. The molecule has 0 fully saturated rings. The summed E-state index contributed by atoms with van der Waals surface area (Å²) in [5.41, 5.74) is 0.543. The number of nitro benzene ring substituents is 1. The van der Waals surface area contributed by atoms with Crippen molar-refractivity contribution < 1.29 is 22.9 Å². The van der Waals surface area contributed by atoms with Crippen LogP contribution in [0.15, 0.2) is 24.3 Å². The molecule has 0 saturated carbocycles. The highest BCUT2D eigenvalue weighted by molar-refractivity contribution is 6.31. The van der Waals surface area contributed by atoms with E-state index in [1.165, 1.54) is 28.9 Å². The zero-order chi connectivity index (χ0) is 20.4. The molecule has 0 atom stereocenters. The van der Waals surface area contributed by atoms with E-state index in [9.17, 15) is 28.1 Å². The van der Waals surface area contributed by atoms with Crippen LogP contribution >= 0.6 is 11.6 Å². The van der Waals surface area contributed by atoms with E-state index in [1.54, 1.807) is 13.8 Å². The number of aryl methyl sites for hydroxylation is 1. The lowest BCUT2D eigenvalue weighted by molar-refractivity contribution is -0.385. The third-order valence-corrected chi connectivity index (χ3v) is 4.40. The first-order valence-electron chi connectivity index (χ1n) is 7.76. The maximum Gasteiger partial charge on any atom is 0.406 e. The Hall–Kier alpha value is -2.62. The lowest BCUT2D eigenvalue weighted by Gasteiger charge is -2.24. The third kappa shape index (κ3) is 5.19. The van der Waals surface area contributed by atoms with Gasteiger partial charge in [0.1, 0.15) is 13.1 Å². The molecule has 0 aliphatic heterocycles. The van der Waals surface area contributed by atoms with Crippen molar-refractivity contribution in [3.8, 4) is 0 Å². The molecule has 2 rings (SSSR count). The zero-order valence-electron chi connectivity index (χ0n) is 14.5. The molecule has 0 spiro atoms. The third-order valence-electron chi connectivity index (χ3n) is 3.85. The molecule has 0 aliphatic rings. The normalized spacial score (nSPS) is 11.5. The van der Waals surface area contributed by atoms with Crippen molar-refractivity contribution in [2.75, 3.05) is 6.54 Å². The van der Waals surface area contributed by atoms with Crippen LogP contribution < -0.4 is 0 Å². The molecule has 0 bridgehead atoms. The molecule has 1 heterocycles. The van der Waals surface area contributed by atoms with Gasteiger partial charge >= 0.3 is 6.18 Å². The van der Waals surface area contributed by atoms with Gasteiger partial charge < -0.3 is 4.90 Å². The number of aromatic nitrogens is 2. The molecule has 1 aromatic carbocycles. The van der Waals surface area contributed by atoms with Crippen LogP contribution in [0.1, 0.15) is 17.0 Å². The number of hydrogen-bond acceptors (Lipinski definition) is 4. The Bertz CT molecular complexity index is 867. The number of amides is 1. The van der Waals surface area contributed by atoms with Gasteiger partial charge in [0.15, 0.2) is 0 Å². The second kappa shape index (κ2) is 7.95. The number of carbonyl (C=O) groups excluding carboxylic acids is 1. The number of para-hydroxylation sites is 1. The molecule has 27 heavy (non-hydrogen) atoms. The van der Waals surface area contributed by atoms with Gasteiger partial charge in [-0.25, -0.2) is 0 Å². The fourth-order valence-corrected chi connectivity index (χ4v) is 2.67. The van der Waals surface area contributed by atoms with Crippen molar-refractivity contribution in [3.63, 3.8) is 0 Å². The molecule has 1 aromatic heterocycles. The summed E-state index contributed by atoms with van der Waals surface area (Å²) in [4.78, 5) is 23.4. The first-order chi connectivity index (χ1) is 12.5. The Morgan fingerprint density at radius 3 is 2.48 bits per heavy atom. The Morgan fingerprint density at radius 2 is 1.96 bits per heavy atom. The molecular formula is C16H16ClF3N4O3. The van der Waals surface area contributed by atoms with Crippen LogP contribution in [0.5, 0.6) is 0 Å². The average molecular weight is 405 g/mol. The van der Waals surface area contributed by atoms with Crippen molar-refractivity contribution in [1.82, 2.24) is 14.7 Å². The summed E-state index contributed by atoms with van der Waals surface area (Å²) < 4.78 is 40.0. The van der Waals surface area contributed by atoms with Gasteiger partial charge in [0.05, 0.1) is 27.9 Å². The first kappa shape index (κ1) is 20.7. The highest BCUT2D eigenvalue weighted by Crippen LogP contribution is 2.24. The van der Waals surface area contributed by atoms with Crippen molar-refractivity contribution in [2.45, 2.75) is 33.1 Å². The maximum atomic E-state index is 12.9. The summed E-state index contributed by atoms with van der Waals surface area (Å²) in [6.07, 6.45) is -4.66. The van der Waals surface area contributed by atoms with E-state index in [1.807, 2.05) is 0 Å². The summed E-state index contributed by atoms with van der Waals surface area (Å²) in [7, 11) is 0. The minimum Gasteiger partial charge on any atom is -0.327 e. The van der Waals surface area contributed by atoms with Gasteiger partial charge in [0, 0.05) is 11.6 Å². The second-order valence-electron chi connectivity index (χ2n) is 5.89. The van der Waals surface area contributed by atoms with E-state index in [4.69, 9.17) is 11.6 Å². The lowest BCUT2D eigenvalue weighted by Crippen LogP contribution is -2.40. The second-order valence-corrected chi connectivity index (χ2v) is 6.27. The molecule has 1 amide bonds. The van der Waals surface area contributed by atoms with Crippen molar-refractivity contribution in [3.05, 3.63) is 56.4 Å². The van der Waals surface area contributed by atoms with Gasteiger partial charge in [-0.2, -0.15) is 18.3 Å². The number of hydrogen-bond donors (Lipinski definition) is 0. The quantitative estimate of drug-likeness (QED) is 0.543. The SMILES string of the molecule is Cc1nn(CC(=O)N(Cc2ccccc2[N+](=O)[O-])CC(F)(F)F)c(C)c1Cl. The van der Waals surface area contributed by atoms with Crippen molar-refractivity contribution in [1.29, 1.82) is 0 Å². The van der Waals surface area contributed by atoms with E-state index < -0.39 is 36.6 Å². The topological polar surface area (TPSA) is 81.3 Å². The van der Waals surface area contributed by atoms with E-state index in [0.717, 1.165) is 0 Å². The summed E-state index contributed by atoms with van der Waals surface area (Å²) in [5.74, 6) is -0.882. The molecule has 0 N–H and O–H groups in total. The van der Waals surface area contributed by atoms with Crippen molar-refractivity contribution >= 4 is 23.2 Å². The standard InChI is InChI=1S/C16H16ClF3N4O3/c1-10-15(17)11(2)23(21-10)8-14(25)22(9-16(18,19)20)7-12-5-3-4-6-13(12)24(26)27/h3-6H,7-9H2,1-2H3. The van der Waals surface area contributed by atoms with Crippen LogP contribution in [-0.2, 0) is 17.9 Å². The van der Waals surface area contributed by atoms with E-state index >= 15 is 0 Å². The lowest BCUT2D eigenvalue weighted by atomic mass is 10.1. The van der Waals surface area contributed by atoms with E-state index in [0.29, 0.717) is 21.3 Å². The number of benzene rings is 1. The predicted octanol–water partition coefficient (Wildman–Crippen LogP) is 3.65. The van der Waals surface area contributed by atoms with E-state index in [-0.39, 0.29) is 11.3 Å². The Morgan fingerprint density at radius 1 is 1.33 bits per heavy atom. The van der Waals surface area contributed by atoms with Crippen LogP contribution in [-0.4, -0.2) is 38.2 Å². The molecular weight excluding hydrogens is 389 g/mol. The zero-order valence-corrected chi connectivity index (χ0v) is 15.2. The molecule has 0 saturated heterocycles. The van der Waals surface area contributed by atoms with Gasteiger partial charge in [-0.05, 0) is 13.8 Å². The van der Waals surface area contributed by atoms with Crippen LogP contribution in [0.3, 0.4) is 0 Å². The molecule has 146 valence electrons. The minimum absolute atomic E-state index is 0.00602. The molecule has 11 heteroatoms. The fourth-order valence-electron chi connectivity index (χ4n) is 2.53. The number of rotatable bonds is 6. The number of carbonyl (C=O) groups is 1. The number of nitro groups is 1. The van der Waals surface area contributed by atoms with Gasteiger partial charge in [0.25, 0.3) is 5.69 Å². The summed E-state index contributed by atoms with van der Waals surface area (Å²) in [5, 5.41) is 15.4. The van der Waals surface area contributed by atoms with Crippen LogP contribution in [0, 0.1) is 24.0 Å². The number of alkyl halides is 3. The summed E-state index contributed by atoms with van der Waals surface area (Å²) in [6.45, 7) is 0.645. The molecule has 0 aliphatic carbocycles. The van der Waals surface area contributed by atoms with Crippen LogP contribution in [0.25, 0.3) is 0 Å². The average Bonchev–Trinajstić information content (AvgIpc) is 2.80. The Labute approximate surface area is 157 Å². The number of halogens is 4. The monoisotopic (exact) mass is 404 g/mol. The fraction of sp³-hybridized carbons (Fsp3) is 0.375. The Kier molecular flexibility index (Phi) is 6.09. The summed E-state index contributed by atoms with van der Waals surface area (Å²) >= 11 is 5.99. The van der Waals surface area contributed by atoms with Gasteiger partial charge in [-0.3, -0.25) is 19.6 Å². The minimum atomic E-state index is -4.66. The van der Waals surface area contributed by atoms with Crippen LogP contribution in [0.2, 0.25) is 5.02 Å². The smallest absolute Gasteiger partial charge is 0.327 e. The molecule has 7 nitrogen and oxygen atoms in total. The molecule has 0 unspecified atom stereocenters. The highest BCUT2D eigenvalue weighted by Gasteiger charge is 2.34. The van der Waals surface area contributed by atoms with E-state index in [2.05, 4.69) is 5.10 Å². The molecule has 2 aromatic rings. The maximum absolute atomic E-state index is 12.9. The van der Waals surface area contributed by atoms with Gasteiger partial charge in [-0.1, -0.05) is 29.8 Å².